The molecule has 3 N–H and O–H groups in total. The molecule has 1 aliphatic carbocycles. The molecular formula is C19H23N3O3. The third-order valence-corrected chi connectivity index (χ3v) is 4.88. The third kappa shape index (κ3) is 3.69. The molecule has 2 aliphatic rings. The van der Waals surface area contributed by atoms with E-state index >= 15 is 0 Å². The van der Waals surface area contributed by atoms with Gasteiger partial charge in [0.15, 0.2) is 0 Å². The van der Waals surface area contributed by atoms with Gasteiger partial charge >= 0.3 is 0 Å². The molecule has 0 spiro atoms. The molecule has 2 amide bonds. The molecule has 1 unspecified atom stereocenters. The first-order valence-electron chi connectivity index (χ1n) is 8.98. The number of aromatic nitrogens is 1. The quantitative estimate of drug-likeness (QED) is 0.747. The number of aromatic amines is 1. The average molecular weight is 341 g/mol. The molecule has 1 saturated heterocycles. The molecule has 2 atom stereocenters. The Bertz CT molecular complexity index is 775. The summed E-state index contributed by atoms with van der Waals surface area (Å²) >= 11 is 0. The fourth-order valence-corrected chi connectivity index (χ4v) is 3.31. The van der Waals surface area contributed by atoms with Gasteiger partial charge < -0.3 is 20.4 Å². The van der Waals surface area contributed by atoms with Crippen LogP contribution in [-0.4, -0.2) is 41.6 Å². The van der Waals surface area contributed by atoms with Gasteiger partial charge in [0.2, 0.25) is 11.8 Å². The number of H-pyrrole nitrogens is 1. The van der Waals surface area contributed by atoms with Crippen LogP contribution < -0.4 is 10.6 Å². The molecule has 2 heterocycles. The van der Waals surface area contributed by atoms with Crippen LogP contribution in [0.5, 0.6) is 0 Å². The highest BCUT2D eigenvalue weighted by atomic mass is 16.5. The summed E-state index contributed by atoms with van der Waals surface area (Å²) in [5.74, 6) is -0.299. The molecule has 0 bridgehead atoms. The second kappa shape index (κ2) is 6.88. The van der Waals surface area contributed by atoms with Crippen LogP contribution in [0.15, 0.2) is 30.5 Å². The number of carbonyl (C=O) groups is 2. The number of rotatable bonds is 6. The largest absolute Gasteiger partial charge is 0.368 e. The van der Waals surface area contributed by atoms with Crippen molar-refractivity contribution in [1.82, 2.24) is 15.6 Å². The average Bonchev–Trinajstić information content (AvgIpc) is 3.12. The van der Waals surface area contributed by atoms with Crippen LogP contribution in [0.2, 0.25) is 0 Å². The lowest BCUT2D eigenvalue weighted by Crippen LogP contribution is -2.51. The Kier molecular flexibility index (Phi) is 4.44. The molecule has 1 aliphatic heterocycles. The van der Waals surface area contributed by atoms with Gasteiger partial charge in [-0.1, -0.05) is 18.2 Å². The van der Waals surface area contributed by atoms with Crippen molar-refractivity contribution in [1.29, 1.82) is 0 Å². The Morgan fingerprint density at radius 2 is 2.08 bits per heavy atom. The van der Waals surface area contributed by atoms with Crippen molar-refractivity contribution >= 4 is 22.7 Å². The third-order valence-electron chi connectivity index (χ3n) is 4.88. The maximum atomic E-state index is 12.6. The molecule has 6 heteroatoms. The Morgan fingerprint density at radius 1 is 1.24 bits per heavy atom. The highest BCUT2D eigenvalue weighted by Gasteiger charge is 2.31. The molecule has 4 rings (SSSR count). The molecule has 1 saturated carbocycles. The highest BCUT2D eigenvalue weighted by molar-refractivity contribution is 5.91. The van der Waals surface area contributed by atoms with Gasteiger partial charge in [0.1, 0.15) is 12.1 Å². The first-order valence-corrected chi connectivity index (χ1v) is 8.98. The predicted molar refractivity (Wildman–Crippen MR) is 94.1 cm³/mol. The maximum Gasteiger partial charge on any atom is 0.249 e. The number of ether oxygens (including phenoxy) is 1. The lowest BCUT2D eigenvalue weighted by Gasteiger charge is -2.20. The van der Waals surface area contributed by atoms with Crippen LogP contribution >= 0.6 is 0 Å². The zero-order chi connectivity index (χ0) is 17.2. The van der Waals surface area contributed by atoms with Crippen molar-refractivity contribution in [3.05, 3.63) is 36.0 Å². The molecule has 1 aromatic heterocycles. The number of fused-ring (bicyclic) bond motifs is 1. The van der Waals surface area contributed by atoms with E-state index in [1.54, 1.807) is 0 Å². The van der Waals surface area contributed by atoms with Crippen molar-refractivity contribution < 1.29 is 14.3 Å². The molecule has 2 fully saturated rings. The van der Waals surface area contributed by atoms with Gasteiger partial charge in [-0.15, -0.1) is 0 Å². The van der Waals surface area contributed by atoms with Crippen molar-refractivity contribution in [3.63, 3.8) is 0 Å². The van der Waals surface area contributed by atoms with Gasteiger partial charge in [0.05, 0.1) is 0 Å². The molecule has 132 valence electrons. The summed E-state index contributed by atoms with van der Waals surface area (Å²) < 4.78 is 5.44. The number of nitrogens with one attached hydrogen (secondary N) is 3. The van der Waals surface area contributed by atoms with Gasteiger partial charge in [0, 0.05) is 36.2 Å². The highest BCUT2D eigenvalue weighted by Crippen LogP contribution is 2.22. The summed E-state index contributed by atoms with van der Waals surface area (Å²) in [6, 6.07) is 7.65. The van der Waals surface area contributed by atoms with E-state index in [0.29, 0.717) is 13.0 Å². The number of hydrogen-bond donors (Lipinski definition) is 3. The minimum absolute atomic E-state index is 0.112. The number of hydrogen-bond acceptors (Lipinski definition) is 3. The molecule has 0 radical (unpaired) electrons. The number of para-hydroxylation sites is 1. The second-order valence-electron chi connectivity index (χ2n) is 6.91. The summed E-state index contributed by atoms with van der Waals surface area (Å²) in [4.78, 5) is 28.3. The van der Waals surface area contributed by atoms with E-state index < -0.39 is 12.1 Å². The van der Waals surface area contributed by atoms with Crippen molar-refractivity contribution in [2.45, 2.75) is 50.3 Å². The minimum Gasteiger partial charge on any atom is -0.368 e. The minimum atomic E-state index is -0.587. The zero-order valence-electron chi connectivity index (χ0n) is 14.1. The summed E-state index contributed by atoms with van der Waals surface area (Å²) in [5.41, 5.74) is 2.06. The smallest absolute Gasteiger partial charge is 0.249 e. The summed E-state index contributed by atoms with van der Waals surface area (Å²) in [6.45, 7) is 0.611. The number of benzene rings is 1. The number of amides is 2. The van der Waals surface area contributed by atoms with Crippen LogP contribution in [0, 0.1) is 0 Å². The predicted octanol–water partition coefficient (Wildman–Crippen LogP) is 1.65. The van der Waals surface area contributed by atoms with Crippen LogP contribution in [-0.2, 0) is 20.7 Å². The topological polar surface area (TPSA) is 83.2 Å². The number of carbonyl (C=O) groups excluding carboxylic acids is 2. The lowest BCUT2D eigenvalue weighted by atomic mass is 10.0. The van der Waals surface area contributed by atoms with Crippen LogP contribution in [0.4, 0.5) is 0 Å². The Hall–Kier alpha value is -2.34. The van der Waals surface area contributed by atoms with E-state index in [1.807, 2.05) is 30.5 Å². The van der Waals surface area contributed by atoms with E-state index in [-0.39, 0.29) is 17.9 Å². The standard InChI is InChI=1S/C19H23N3O3/c23-18(21-13-7-8-13)16(22-19(24)17-6-3-9-25-17)10-12-11-20-15-5-2-1-4-14(12)15/h1-2,4-5,11,13,16-17,20H,3,6-10H2,(H,21,23)(H,22,24)/t16-,17?/m0/s1. The van der Waals surface area contributed by atoms with Crippen LogP contribution in [0.25, 0.3) is 10.9 Å². The summed E-state index contributed by atoms with van der Waals surface area (Å²) in [7, 11) is 0. The Morgan fingerprint density at radius 3 is 2.84 bits per heavy atom. The zero-order valence-corrected chi connectivity index (χ0v) is 14.1. The van der Waals surface area contributed by atoms with E-state index in [4.69, 9.17) is 4.74 Å². The fraction of sp³-hybridized carbons (Fsp3) is 0.474. The van der Waals surface area contributed by atoms with Gasteiger partial charge in [-0.25, -0.2) is 0 Å². The van der Waals surface area contributed by atoms with Crippen molar-refractivity contribution in [3.8, 4) is 0 Å². The van der Waals surface area contributed by atoms with Gasteiger partial charge in [0.25, 0.3) is 0 Å². The van der Waals surface area contributed by atoms with Crippen LogP contribution in [0.3, 0.4) is 0 Å². The van der Waals surface area contributed by atoms with E-state index in [2.05, 4.69) is 15.6 Å². The van der Waals surface area contributed by atoms with Crippen molar-refractivity contribution in [2.75, 3.05) is 6.61 Å². The van der Waals surface area contributed by atoms with Crippen LogP contribution in [0.1, 0.15) is 31.2 Å². The molecule has 6 nitrogen and oxygen atoms in total. The summed E-state index contributed by atoms with van der Waals surface area (Å²) in [5, 5.41) is 6.99. The van der Waals surface area contributed by atoms with Gasteiger partial charge in [-0.2, -0.15) is 0 Å². The normalized spacial score (nSPS) is 21.2. The van der Waals surface area contributed by atoms with Crippen molar-refractivity contribution in [2.24, 2.45) is 0 Å². The molecule has 2 aromatic rings. The Labute approximate surface area is 146 Å². The monoisotopic (exact) mass is 341 g/mol. The van der Waals surface area contributed by atoms with Gasteiger partial charge in [-0.3, -0.25) is 9.59 Å². The Balaban J connectivity index is 1.51. The van der Waals surface area contributed by atoms with E-state index in [9.17, 15) is 9.59 Å². The second-order valence-corrected chi connectivity index (χ2v) is 6.91. The molecule has 25 heavy (non-hydrogen) atoms. The maximum absolute atomic E-state index is 12.6. The first kappa shape index (κ1) is 16.1. The lowest BCUT2D eigenvalue weighted by molar-refractivity contribution is -0.134. The van der Waals surface area contributed by atoms with E-state index in [1.165, 1.54) is 0 Å². The SMILES string of the molecule is O=C(N[C@@H](Cc1c[nH]c2ccccc12)C(=O)NC1CC1)C1CCCO1. The van der Waals surface area contributed by atoms with E-state index in [0.717, 1.165) is 42.1 Å². The fourth-order valence-electron chi connectivity index (χ4n) is 3.31. The summed E-state index contributed by atoms with van der Waals surface area (Å²) in [6.07, 6.45) is 5.59. The van der Waals surface area contributed by atoms with Gasteiger partial charge in [-0.05, 0) is 37.3 Å². The molecule has 1 aromatic carbocycles. The first-order chi connectivity index (χ1) is 12.2. The molecular weight excluding hydrogens is 318 g/mol.